The van der Waals surface area contributed by atoms with Gasteiger partial charge in [0.05, 0.1) is 0 Å². The Balaban J connectivity index is 3.07. The molecule has 0 aliphatic heterocycles. The van der Waals surface area contributed by atoms with Crippen LogP contribution in [0.3, 0.4) is 0 Å². The smallest absolute Gasteiger partial charge is 0.0133 e. The highest BCUT2D eigenvalue weighted by molar-refractivity contribution is 8.04. The molecule has 0 radical (unpaired) electrons. The van der Waals surface area contributed by atoms with Crippen molar-refractivity contribution in [2.24, 2.45) is 0 Å². The molecule has 0 heterocycles. The van der Waals surface area contributed by atoms with Crippen molar-refractivity contribution >= 4 is 19.7 Å². The van der Waals surface area contributed by atoms with E-state index in [4.69, 9.17) is 0 Å². The maximum atomic E-state index is 2.30. The van der Waals surface area contributed by atoms with E-state index in [1.54, 1.807) is 0 Å². The van der Waals surface area contributed by atoms with Gasteiger partial charge in [-0.1, -0.05) is 21.8 Å². The van der Waals surface area contributed by atoms with Gasteiger partial charge in [0.15, 0.2) is 0 Å². The molecule has 0 saturated carbocycles. The Hall–Kier alpha value is 0.780. The third kappa shape index (κ3) is 3.74. The Labute approximate surface area is 58.2 Å². The van der Waals surface area contributed by atoms with Gasteiger partial charge in [-0.3, -0.25) is 0 Å². The van der Waals surface area contributed by atoms with Crippen molar-refractivity contribution in [1.29, 1.82) is 0 Å². The largest absolute Gasteiger partial charge is 0.161 e. The van der Waals surface area contributed by atoms with E-state index in [1.807, 2.05) is 11.8 Å². The lowest BCUT2D eigenvalue weighted by Gasteiger charge is -2.09. The third-order valence-corrected chi connectivity index (χ3v) is 5.49. The lowest BCUT2D eigenvalue weighted by atomic mass is 11.0. The normalized spacial score (nSPS) is 10.5. The first-order valence-electron chi connectivity index (χ1n) is 3.06. The summed E-state index contributed by atoms with van der Waals surface area (Å²) in [5.41, 5.74) is 1.41. The summed E-state index contributed by atoms with van der Waals surface area (Å²) in [6, 6.07) is 0. The first-order chi connectivity index (χ1) is 3.85. The van der Waals surface area contributed by atoms with Crippen LogP contribution in [-0.2, 0) is 0 Å². The molecule has 0 aliphatic carbocycles. The van der Waals surface area contributed by atoms with E-state index in [1.165, 1.54) is 17.8 Å². The summed E-state index contributed by atoms with van der Waals surface area (Å²) in [4.78, 5) is 0. The van der Waals surface area contributed by atoms with Crippen LogP contribution in [0, 0.1) is 0 Å². The molecule has 50 valence electrons. The first kappa shape index (κ1) is 8.78. The Morgan fingerprint density at radius 3 is 1.88 bits per heavy atom. The molecule has 0 atom stereocenters. The lowest BCUT2D eigenvalue weighted by Crippen LogP contribution is -1.83. The van der Waals surface area contributed by atoms with Crippen molar-refractivity contribution in [3.05, 3.63) is 0 Å². The minimum Gasteiger partial charge on any atom is -0.161 e. The number of hydrogen-bond acceptors (Lipinski definition) is 1. The summed E-state index contributed by atoms with van der Waals surface area (Å²) in [5.74, 6) is 0. The van der Waals surface area contributed by atoms with Gasteiger partial charge in [-0.25, -0.2) is 0 Å². The van der Waals surface area contributed by atoms with Crippen LogP contribution in [-0.4, -0.2) is 24.1 Å². The van der Waals surface area contributed by atoms with Crippen LogP contribution in [0.5, 0.6) is 0 Å². The van der Waals surface area contributed by atoms with Crippen LogP contribution < -0.4 is 0 Å². The van der Waals surface area contributed by atoms with Crippen molar-refractivity contribution in [2.75, 3.05) is 24.1 Å². The van der Waals surface area contributed by atoms with Gasteiger partial charge in [0, 0.05) is 5.49 Å². The van der Waals surface area contributed by atoms with Gasteiger partial charge in [-0.2, -0.15) is 11.8 Å². The molecular formula is C6H15PS. The van der Waals surface area contributed by atoms with Crippen LogP contribution in [0.15, 0.2) is 0 Å². The lowest BCUT2D eigenvalue weighted by molar-refractivity contribution is 1.41. The van der Waals surface area contributed by atoms with Crippen molar-refractivity contribution < 1.29 is 0 Å². The fourth-order valence-corrected chi connectivity index (χ4v) is 3.96. The van der Waals surface area contributed by atoms with E-state index in [9.17, 15) is 0 Å². The van der Waals surface area contributed by atoms with Gasteiger partial charge in [0.25, 0.3) is 0 Å². The van der Waals surface area contributed by atoms with E-state index < -0.39 is 0 Å². The third-order valence-electron chi connectivity index (χ3n) is 1.21. The van der Waals surface area contributed by atoms with Crippen LogP contribution in [0.25, 0.3) is 0 Å². The second kappa shape index (κ2) is 5.91. The summed E-state index contributed by atoms with van der Waals surface area (Å²) in [5, 5.41) is 0. The Morgan fingerprint density at radius 1 is 1.25 bits per heavy atom. The van der Waals surface area contributed by atoms with E-state index >= 15 is 0 Å². The zero-order valence-corrected chi connectivity index (χ0v) is 7.69. The molecule has 0 bridgehead atoms. The predicted molar refractivity (Wildman–Crippen MR) is 46.4 cm³/mol. The highest BCUT2D eigenvalue weighted by atomic mass is 32.2. The molecule has 0 nitrogen and oxygen atoms in total. The van der Waals surface area contributed by atoms with E-state index in [-0.39, 0.29) is 0 Å². The summed E-state index contributed by atoms with van der Waals surface area (Å²) >= 11 is 1.99. The van der Waals surface area contributed by atoms with Crippen LogP contribution >= 0.6 is 19.7 Å². The molecule has 0 spiro atoms. The predicted octanol–water partition coefficient (Wildman–Crippen LogP) is 2.83. The quantitative estimate of drug-likeness (QED) is 0.555. The Morgan fingerprint density at radius 2 is 1.75 bits per heavy atom. The first-order valence-corrected chi connectivity index (χ1v) is 6.35. The van der Waals surface area contributed by atoms with Gasteiger partial charge in [0.2, 0.25) is 0 Å². The molecule has 0 amide bonds. The van der Waals surface area contributed by atoms with Crippen molar-refractivity contribution in [2.45, 2.75) is 13.8 Å². The van der Waals surface area contributed by atoms with Crippen LogP contribution in [0.2, 0.25) is 0 Å². The van der Waals surface area contributed by atoms with Gasteiger partial charge < -0.3 is 0 Å². The maximum Gasteiger partial charge on any atom is 0.0133 e. The van der Waals surface area contributed by atoms with E-state index in [0.717, 1.165) is 0 Å². The Kier molecular flexibility index (Phi) is 6.48. The molecule has 0 rings (SSSR count). The zero-order valence-electron chi connectivity index (χ0n) is 5.98. The average molecular weight is 150 g/mol. The average Bonchev–Trinajstić information content (AvgIpc) is 1.83. The molecular weight excluding hydrogens is 135 g/mol. The standard InChI is InChI=1S/C6H15PS/c1-4-7(5-2)6-8-3/h4-6H2,1-3H3. The number of thioether (sulfide) groups is 1. The summed E-state index contributed by atoms with van der Waals surface area (Å²) in [6.07, 6.45) is 5.01. The van der Waals surface area contributed by atoms with Crippen molar-refractivity contribution in [3.8, 4) is 0 Å². The fraction of sp³-hybridized carbons (Fsp3) is 1.00. The number of rotatable bonds is 4. The second-order valence-electron chi connectivity index (χ2n) is 1.72. The minimum atomic E-state index is 0.407. The fourth-order valence-electron chi connectivity index (χ4n) is 0.589. The summed E-state index contributed by atoms with van der Waals surface area (Å²) in [7, 11) is 0.407. The molecule has 0 aromatic heterocycles. The molecule has 0 aromatic rings. The van der Waals surface area contributed by atoms with Gasteiger partial charge in [-0.05, 0) is 18.6 Å². The van der Waals surface area contributed by atoms with Crippen LogP contribution in [0.4, 0.5) is 0 Å². The summed E-state index contributed by atoms with van der Waals surface area (Å²) < 4.78 is 0. The minimum absolute atomic E-state index is 0.407. The molecule has 0 aromatic carbocycles. The highest BCUT2D eigenvalue weighted by Gasteiger charge is 1.97. The SMILES string of the molecule is CCP(CC)CSC. The molecule has 2 heteroatoms. The Bertz CT molecular complexity index is 43.8. The number of hydrogen-bond donors (Lipinski definition) is 0. The molecule has 0 N–H and O–H groups in total. The summed E-state index contributed by atoms with van der Waals surface area (Å²) in [6.45, 7) is 4.59. The van der Waals surface area contributed by atoms with E-state index in [0.29, 0.717) is 7.92 Å². The van der Waals surface area contributed by atoms with Gasteiger partial charge in [-0.15, -0.1) is 0 Å². The van der Waals surface area contributed by atoms with Gasteiger partial charge >= 0.3 is 0 Å². The topological polar surface area (TPSA) is 0 Å². The molecule has 8 heavy (non-hydrogen) atoms. The highest BCUT2D eigenvalue weighted by Crippen LogP contribution is 2.36. The van der Waals surface area contributed by atoms with Crippen molar-refractivity contribution in [3.63, 3.8) is 0 Å². The van der Waals surface area contributed by atoms with Gasteiger partial charge in [0.1, 0.15) is 0 Å². The second-order valence-corrected chi connectivity index (χ2v) is 5.94. The zero-order chi connectivity index (χ0) is 6.41. The molecule has 0 aliphatic rings. The monoisotopic (exact) mass is 150 g/mol. The maximum absolute atomic E-state index is 2.30. The van der Waals surface area contributed by atoms with E-state index in [2.05, 4.69) is 20.1 Å². The van der Waals surface area contributed by atoms with Crippen molar-refractivity contribution in [1.82, 2.24) is 0 Å². The van der Waals surface area contributed by atoms with Crippen LogP contribution in [0.1, 0.15) is 13.8 Å². The molecule has 0 fully saturated rings. The molecule has 0 saturated heterocycles. The molecule has 0 unspecified atom stereocenters.